The van der Waals surface area contributed by atoms with E-state index in [0.717, 1.165) is 45.7 Å². The van der Waals surface area contributed by atoms with Crippen LogP contribution >= 0.6 is 22.6 Å². The zero-order chi connectivity index (χ0) is 16.5. The number of fused-ring (bicyclic) bond motifs is 1. The number of anilines is 1. The fourth-order valence-electron chi connectivity index (χ4n) is 3.09. The number of nitrogens with one attached hydrogen (secondary N) is 1. The molecule has 3 aromatic rings. The molecular formula is C19H16IN3O. The third-order valence-electron chi connectivity index (χ3n) is 4.26. The Hall–Kier alpha value is -2.15. The van der Waals surface area contributed by atoms with E-state index in [0.29, 0.717) is 5.56 Å². The highest BCUT2D eigenvalue weighted by Crippen LogP contribution is 2.27. The monoisotopic (exact) mass is 429 g/mol. The van der Waals surface area contributed by atoms with Gasteiger partial charge in [-0.1, -0.05) is 24.3 Å². The molecule has 1 aromatic heterocycles. The topological polar surface area (TPSA) is 46.9 Å². The zero-order valence-corrected chi connectivity index (χ0v) is 15.2. The molecular weight excluding hydrogens is 413 g/mol. The maximum atomic E-state index is 12.5. The molecule has 1 N–H and O–H groups in total. The Balaban J connectivity index is 1.61. The van der Waals surface area contributed by atoms with Crippen LogP contribution in [-0.2, 0) is 13.0 Å². The lowest BCUT2D eigenvalue weighted by Crippen LogP contribution is -2.13. The van der Waals surface area contributed by atoms with Crippen molar-refractivity contribution in [3.63, 3.8) is 0 Å². The summed E-state index contributed by atoms with van der Waals surface area (Å²) in [5.74, 6) is 1.06. The van der Waals surface area contributed by atoms with Crippen LogP contribution in [0.5, 0.6) is 0 Å². The summed E-state index contributed by atoms with van der Waals surface area (Å²) in [5, 5.41) is 3.00. The van der Waals surface area contributed by atoms with Gasteiger partial charge in [0.15, 0.2) is 0 Å². The van der Waals surface area contributed by atoms with Gasteiger partial charge in [0.05, 0.1) is 17.5 Å². The van der Waals surface area contributed by atoms with Gasteiger partial charge in [-0.2, -0.15) is 0 Å². The molecule has 0 radical (unpaired) electrons. The molecule has 0 bridgehead atoms. The van der Waals surface area contributed by atoms with Gasteiger partial charge >= 0.3 is 0 Å². The molecule has 2 aromatic carbocycles. The van der Waals surface area contributed by atoms with Crippen molar-refractivity contribution in [1.82, 2.24) is 9.55 Å². The quantitative estimate of drug-likeness (QED) is 0.630. The molecule has 0 unspecified atom stereocenters. The molecule has 0 spiro atoms. The summed E-state index contributed by atoms with van der Waals surface area (Å²) in [4.78, 5) is 17.0. The summed E-state index contributed by atoms with van der Waals surface area (Å²) in [6.45, 7) is 1.02. The molecule has 0 aliphatic carbocycles. The van der Waals surface area contributed by atoms with Gasteiger partial charge in [-0.15, -0.1) is 0 Å². The highest BCUT2D eigenvalue weighted by atomic mass is 127. The number of carbonyl (C=O) groups excluding carboxylic acids is 1. The molecule has 5 heteroatoms. The first-order chi connectivity index (χ1) is 11.7. The highest BCUT2D eigenvalue weighted by molar-refractivity contribution is 14.1. The average Bonchev–Trinajstić information content (AvgIpc) is 3.18. The van der Waals surface area contributed by atoms with E-state index in [2.05, 4.69) is 43.5 Å². The summed E-state index contributed by atoms with van der Waals surface area (Å²) in [5.41, 5.74) is 3.68. The molecule has 2 heterocycles. The van der Waals surface area contributed by atoms with Crippen LogP contribution in [0.1, 0.15) is 22.6 Å². The molecule has 1 amide bonds. The number of halogens is 1. The number of carbonyl (C=O) groups is 1. The summed E-state index contributed by atoms with van der Waals surface area (Å²) < 4.78 is 3.21. The summed E-state index contributed by atoms with van der Waals surface area (Å²) >= 11 is 2.18. The Labute approximate surface area is 154 Å². The number of aryl methyl sites for hydroxylation is 1. The van der Waals surface area contributed by atoms with Crippen molar-refractivity contribution in [2.24, 2.45) is 0 Å². The lowest BCUT2D eigenvalue weighted by molar-refractivity contribution is 0.102. The molecule has 1 aliphatic rings. The van der Waals surface area contributed by atoms with Gasteiger partial charge in [0, 0.05) is 27.8 Å². The summed E-state index contributed by atoms with van der Waals surface area (Å²) in [7, 11) is 0. The average molecular weight is 429 g/mol. The van der Waals surface area contributed by atoms with Gasteiger partial charge in [-0.3, -0.25) is 4.79 Å². The van der Waals surface area contributed by atoms with Crippen molar-refractivity contribution in [2.75, 3.05) is 5.32 Å². The van der Waals surface area contributed by atoms with Crippen LogP contribution in [0.3, 0.4) is 0 Å². The fourth-order valence-corrected chi connectivity index (χ4v) is 3.72. The zero-order valence-electron chi connectivity index (χ0n) is 13.0. The maximum absolute atomic E-state index is 12.5. The Morgan fingerprint density at radius 3 is 2.92 bits per heavy atom. The first-order valence-electron chi connectivity index (χ1n) is 7.93. The SMILES string of the molecule is O=C(Nc1cccc(-c2cnc3n2CCC3)c1)c1ccccc1I. The standard InChI is InChI=1S/C19H16IN3O/c20-16-8-2-1-7-15(16)19(24)22-14-6-3-5-13(11-14)17-12-21-18-9-4-10-23(17)18/h1-3,5-8,11-12H,4,9-10H2,(H,22,24). The van der Waals surface area contributed by atoms with Crippen molar-refractivity contribution in [3.05, 3.63) is 69.7 Å². The van der Waals surface area contributed by atoms with E-state index in [1.165, 1.54) is 0 Å². The molecule has 0 atom stereocenters. The van der Waals surface area contributed by atoms with Gasteiger partial charge in [0.2, 0.25) is 0 Å². The minimum atomic E-state index is -0.0873. The molecule has 24 heavy (non-hydrogen) atoms. The molecule has 0 saturated carbocycles. The van der Waals surface area contributed by atoms with E-state index >= 15 is 0 Å². The molecule has 0 fully saturated rings. The predicted molar refractivity (Wildman–Crippen MR) is 103 cm³/mol. The Kier molecular flexibility index (Phi) is 4.10. The molecule has 120 valence electrons. The number of rotatable bonds is 3. The summed E-state index contributed by atoms with van der Waals surface area (Å²) in [6, 6.07) is 15.5. The van der Waals surface area contributed by atoms with Crippen LogP contribution in [0, 0.1) is 3.57 Å². The van der Waals surface area contributed by atoms with Gasteiger partial charge in [-0.25, -0.2) is 4.98 Å². The molecule has 0 saturated heterocycles. The molecule has 4 nitrogen and oxygen atoms in total. The lowest BCUT2D eigenvalue weighted by atomic mass is 10.1. The van der Waals surface area contributed by atoms with E-state index < -0.39 is 0 Å². The van der Waals surface area contributed by atoms with Crippen LogP contribution in [0.25, 0.3) is 11.3 Å². The number of amides is 1. The van der Waals surface area contributed by atoms with Gasteiger partial charge in [0.25, 0.3) is 5.91 Å². The van der Waals surface area contributed by atoms with Crippen LogP contribution < -0.4 is 5.32 Å². The van der Waals surface area contributed by atoms with Crippen molar-refractivity contribution < 1.29 is 4.79 Å². The largest absolute Gasteiger partial charge is 0.328 e. The third kappa shape index (κ3) is 2.84. The minimum absolute atomic E-state index is 0.0873. The van der Waals surface area contributed by atoms with Crippen molar-refractivity contribution in [3.8, 4) is 11.3 Å². The fraction of sp³-hybridized carbons (Fsp3) is 0.158. The second-order valence-electron chi connectivity index (χ2n) is 5.83. The normalized spacial score (nSPS) is 12.9. The van der Waals surface area contributed by atoms with Gasteiger partial charge in [-0.05, 0) is 53.3 Å². The Morgan fingerprint density at radius 1 is 1.17 bits per heavy atom. The number of benzene rings is 2. The second kappa shape index (κ2) is 6.39. The second-order valence-corrected chi connectivity index (χ2v) is 6.99. The van der Waals surface area contributed by atoms with Crippen molar-refractivity contribution >= 4 is 34.2 Å². The van der Waals surface area contributed by atoms with Crippen molar-refractivity contribution in [2.45, 2.75) is 19.4 Å². The number of nitrogens with zero attached hydrogens (tertiary/aromatic N) is 2. The molecule has 1 aliphatic heterocycles. The summed E-state index contributed by atoms with van der Waals surface area (Å²) in [6.07, 6.45) is 4.12. The number of imidazole rings is 1. The Morgan fingerprint density at radius 2 is 2.04 bits per heavy atom. The first-order valence-corrected chi connectivity index (χ1v) is 9.01. The van der Waals surface area contributed by atoms with E-state index in [1.54, 1.807) is 0 Å². The van der Waals surface area contributed by atoms with E-state index in [1.807, 2.05) is 48.7 Å². The van der Waals surface area contributed by atoms with E-state index in [9.17, 15) is 4.79 Å². The first kappa shape index (κ1) is 15.4. The van der Waals surface area contributed by atoms with Gasteiger partial charge < -0.3 is 9.88 Å². The minimum Gasteiger partial charge on any atom is -0.328 e. The van der Waals surface area contributed by atoms with Crippen LogP contribution in [-0.4, -0.2) is 15.5 Å². The molecule has 4 rings (SSSR count). The lowest BCUT2D eigenvalue weighted by Gasteiger charge is -2.10. The predicted octanol–water partition coefficient (Wildman–Crippen LogP) is 4.35. The number of hydrogen-bond donors (Lipinski definition) is 1. The van der Waals surface area contributed by atoms with E-state index in [4.69, 9.17) is 0 Å². The van der Waals surface area contributed by atoms with Gasteiger partial charge in [0.1, 0.15) is 5.82 Å². The Bertz CT molecular complexity index is 916. The van der Waals surface area contributed by atoms with Crippen molar-refractivity contribution in [1.29, 1.82) is 0 Å². The highest BCUT2D eigenvalue weighted by Gasteiger charge is 2.17. The smallest absolute Gasteiger partial charge is 0.256 e. The van der Waals surface area contributed by atoms with E-state index in [-0.39, 0.29) is 5.91 Å². The number of hydrogen-bond acceptors (Lipinski definition) is 2. The number of aromatic nitrogens is 2. The van der Waals surface area contributed by atoms with Crippen LogP contribution in [0.15, 0.2) is 54.7 Å². The van der Waals surface area contributed by atoms with Crippen LogP contribution in [0.2, 0.25) is 0 Å². The third-order valence-corrected chi connectivity index (χ3v) is 5.20. The maximum Gasteiger partial charge on any atom is 0.256 e. The van der Waals surface area contributed by atoms with Crippen LogP contribution in [0.4, 0.5) is 5.69 Å².